The molecule has 0 fully saturated rings. The van der Waals surface area contributed by atoms with Crippen LogP contribution in [0.3, 0.4) is 0 Å². The Morgan fingerprint density at radius 3 is 1.37 bits per heavy atom. The van der Waals surface area contributed by atoms with E-state index in [4.69, 9.17) is 0 Å². The summed E-state index contributed by atoms with van der Waals surface area (Å²) < 4.78 is 77.6. The second-order valence-corrected chi connectivity index (χ2v) is 15.5. The van der Waals surface area contributed by atoms with Gasteiger partial charge in [-0.05, 0) is 131 Å². The Balaban J connectivity index is 1.09. The third-order valence-electron chi connectivity index (χ3n) is 11.6. The van der Waals surface area contributed by atoms with Crippen LogP contribution in [0.1, 0.15) is 11.0 Å². The highest BCUT2D eigenvalue weighted by molar-refractivity contribution is 6.04. The molecule has 0 saturated carbocycles. The molecule has 0 heterocycles. The van der Waals surface area contributed by atoms with Gasteiger partial charge in [-0.25, -0.2) is 0 Å². The van der Waals surface area contributed by atoms with Gasteiger partial charge in [0.15, 0.2) is 0 Å². The van der Waals surface area contributed by atoms with Crippen LogP contribution in [0.4, 0.5) is 17.1 Å². The number of hydrogen-bond donors (Lipinski definition) is 0. The fourth-order valence-corrected chi connectivity index (χ4v) is 8.48. The van der Waals surface area contributed by atoms with Crippen LogP contribution >= 0.6 is 0 Å². The lowest BCUT2D eigenvalue weighted by Crippen LogP contribution is -2.09. The van der Waals surface area contributed by atoms with Crippen molar-refractivity contribution in [3.63, 3.8) is 0 Å². The van der Waals surface area contributed by atoms with E-state index in [0.717, 1.165) is 66.1 Å². The molecule has 11 aromatic carbocycles. The molecule has 0 aromatic heterocycles. The smallest absolute Gasteiger partial charge is 0.0645 e. The zero-order valence-corrected chi connectivity index (χ0v) is 34.2. The van der Waals surface area contributed by atoms with Gasteiger partial charge in [0, 0.05) is 17.1 Å². The van der Waals surface area contributed by atoms with E-state index in [0.29, 0.717) is 16.8 Å². The summed E-state index contributed by atoms with van der Waals surface area (Å²) in [5.41, 5.74) is 8.49. The van der Waals surface area contributed by atoms with Crippen LogP contribution in [0.2, 0.25) is 0 Å². The first-order chi connectivity index (χ1) is 34.6. The van der Waals surface area contributed by atoms with Gasteiger partial charge >= 0.3 is 0 Å². The molecule has 63 heavy (non-hydrogen) atoms. The molecule has 0 N–H and O–H groups in total. The minimum absolute atomic E-state index is 0.100. The molecule has 0 amide bonds. The minimum Gasteiger partial charge on any atom is -0.311 e. The van der Waals surface area contributed by atoms with Gasteiger partial charge in [0.1, 0.15) is 0 Å². The Morgan fingerprint density at radius 2 is 0.698 bits per heavy atom. The van der Waals surface area contributed by atoms with Crippen LogP contribution in [-0.2, 0) is 0 Å². The lowest BCUT2D eigenvalue weighted by atomic mass is 9.89. The molecule has 1 heteroatoms. The van der Waals surface area contributed by atoms with Crippen molar-refractivity contribution in [3.05, 3.63) is 261 Å². The lowest BCUT2D eigenvalue weighted by molar-refractivity contribution is 1.28. The Kier molecular flexibility index (Phi) is 7.90. The maximum Gasteiger partial charge on any atom is 0.0645 e. The van der Waals surface area contributed by atoms with E-state index in [1.165, 1.54) is 4.90 Å². The summed E-state index contributed by atoms with van der Waals surface area (Å²) in [5.74, 6) is 0. The molecule has 0 aliphatic heterocycles. The zero-order chi connectivity index (χ0) is 48.9. The highest BCUT2D eigenvalue weighted by atomic mass is 15.1. The average molecular weight is 810 g/mol. The van der Waals surface area contributed by atoms with Crippen LogP contribution in [-0.4, -0.2) is 0 Å². The molecule has 0 aliphatic rings. The summed E-state index contributed by atoms with van der Waals surface area (Å²) in [4.78, 5) is 1.37. The monoisotopic (exact) mass is 809 g/mol. The Bertz CT molecular complexity index is 3770. The van der Waals surface area contributed by atoms with E-state index >= 15 is 0 Å². The summed E-state index contributed by atoms with van der Waals surface area (Å²) >= 11 is 0. The Hall–Kier alpha value is -8.26. The molecule has 0 atom stereocenters. The molecule has 11 aromatic rings. The van der Waals surface area contributed by atoms with Crippen LogP contribution < -0.4 is 4.90 Å². The van der Waals surface area contributed by atoms with Gasteiger partial charge in [0.25, 0.3) is 0 Å². The first-order valence-electron chi connectivity index (χ1n) is 25.0. The van der Waals surface area contributed by atoms with E-state index < -0.39 is 24.2 Å². The van der Waals surface area contributed by atoms with Gasteiger partial charge in [-0.15, -0.1) is 0 Å². The topological polar surface area (TPSA) is 3.24 Å². The van der Waals surface area contributed by atoms with Crippen LogP contribution in [0, 0.1) is 0 Å². The number of fused-ring (bicyclic) bond motifs is 2. The highest BCUT2D eigenvalue weighted by Gasteiger charge is 2.17. The summed E-state index contributed by atoms with van der Waals surface area (Å²) in [6.07, 6.45) is 0. The largest absolute Gasteiger partial charge is 0.311 e. The molecular formula is C62H43N. The van der Waals surface area contributed by atoms with E-state index in [-0.39, 0.29) is 46.7 Å². The lowest BCUT2D eigenvalue weighted by Gasteiger charge is -2.26. The number of benzene rings is 11. The third kappa shape index (κ3) is 7.47. The van der Waals surface area contributed by atoms with Crippen molar-refractivity contribution in [1.82, 2.24) is 0 Å². The summed E-state index contributed by atoms with van der Waals surface area (Å²) in [6.45, 7) is 0. The number of hydrogen-bond acceptors (Lipinski definition) is 1. The van der Waals surface area contributed by atoms with Crippen LogP contribution in [0.5, 0.6) is 0 Å². The van der Waals surface area contributed by atoms with Gasteiger partial charge in [-0.2, -0.15) is 0 Å². The summed E-state index contributed by atoms with van der Waals surface area (Å²) in [7, 11) is 0. The number of nitrogens with zero attached hydrogens (tertiary/aromatic N) is 1. The Morgan fingerprint density at radius 1 is 0.254 bits per heavy atom. The second-order valence-electron chi connectivity index (χ2n) is 15.5. The SMILES string of the molecule is [2H]c1c([2H])c(N(c2ccc(-c3ccc(-c4cccc5ccccc45)cc3)cc2)c2c([2H])c([2H])c(-c3c(-c4ccccc4)ccc4ccccc34)c([2H])c2[2H])c([2H])c([2H])c1-c1cccc(-c2ccccc2)c1. The van der Waals surface area contributed by atoms with Gasteiger partial charge < -0.3 is 4.90 Å². The van der Waals surface area contributed by atoms with Crippen LogP contribution in [0.15, 0.2) is 261 Å². The summed E-state index contributed by atoms with van der Waals surface area (Å²) in [5, 5.41) is 3.94. The van der Waals surface area contributed by atoms with Gasteiger partial charge in [-0.3, -0.25) is 0 Å². The molecule has 0 radical (unpaired) electrons. The van der Waals surface area contributed by atoms with E-state index in [2.05, 4.69) is 54.6 Å². The maximum atomic E-state index is 9.84. The second kappa shape index (κ2) is 16.7. The van der Waals surface area contributed by atoms with Crippen molar-refractivity contribution in [2.45, 2.75) is 0 Å². The van der Waals surface area contributed by atoms with E-state index in [9.17, 15) is 11.0 Å². The first-order valence-corrected chi connectivity index (χ1v) is 21.0. The molecule has 11 rings (SSSR count). The van der Waals surface area contributed by atoms with Gasteiger partial charge in [-0.1, -0.05) is 218 Å². The third-order valence-corrected chi connectivity index (χ3v) is 11.6. The zero-order valence-electron chi connectivity index (χ0n) is 42.2. The first kappa shape index (κ1) is 29.9. The van der Waals surface area contributed by atoms with Crippen molar-refractivity contribution in [2.75, 3.05) is 4.90 Å². The fourth-order valence-electron chi connectivity index (χ4n) is 8.48. The predicted octanol–water partition coefficient (Wildman–Crippen LogP) is 17.5. The van der Waals surface area contributed by atoms with Crippen molar-refractivity contribution in [2.24, 2.45) is 0 Å². The molecular weight excluding hydrogens is 759 g/mol. The van der Waals surface area contributed by atoms with Crippen molar-refractivity contribution >= 4 is 38.6 Å². The molecule has 0 spiro atoms. The predicted molar refractivity (Wildman–Crippen MR) is 269 cm³/mol. The number of rotatable bonds is 9. The molecule has 0 unspecified atom stereocenters. The molecule has 0 bridgehead atoms. The maximum absolute atomic E-state index is 9.84. The summed E-state index contributed by atoms with van der Waals surface area (Å²) in [6, 6.07) is 65.6. The minimum atomic E-state index is -0.405. The van der Waals surface area contributed by atoms with E-state index in [1.54, 1.807) is 18.2 Å². The van der Waals surface area contributed by atoms with Gasteiger partial charge in [0.05, 0.1) is 11.0 Å². The van der Waals surface area contributed by atoms with E-state index in [1.807, 2.05) is 140 Å². The number of anilines is 3. The molecule has 0 saturated heterocycles. The highest BCUT2D eigenvalue weighted by Crippen LogP contribution is 2.42. The van der Waals surface area contributed by atoms with Gasteiger partial charge in [0.2, 0.25) is 0 Å². The fraction of sp³-hybridized carbons (Fsp3) is 0. The normalized spacial score (nSPS) is 13.0. The van der Waals surface area contributed by atoms with Crippen molar-refractivity contribution in [3.8, 4) is 66.8 Å². The molecule has 0 aliphatic carbocycles. The molecule has 296 valence electrons. The van der Waals surface area contributed by atoms with Crippen molar-refractivity contribution in [1.29, 1.82) is 0 Å². The van der Waals surface area contributed by atoms with Crippen molar-refractivity contribution < 1.29 is 11.0 Å². The average Bonchev–Trinajstić information content (AvgIpc) is 3.42. The standard InChI is InChI=1S/C62H43N/c1-3-13-44(14-4-1)53-20-11-21-54(43-53)47-31-38-56(39-32-47)63(55-36-29-46(30-37-55)45-25-27-51(28-26-45)59-24-12-19-48-17-7-9-22-58(48)59)57-40-33-52(34-41-57)62-60-23-10-8-18-50(60)35-42-61(62)49-15-5-2-6-16-49/h1-43H/i31D,32D,33D,34D,38D,39D,40D,41D. The Labute approximate surface area is 380 Å². The molecule has 1 nitrogen and oxygen atoms in total. The quantitative estimate of drug-likeness (QED) is 0.140. The van der Waals surface area contributed by atoms with Crippen LogP contribution in [0.25, 0.3) is 88.3 Å².